The second kappa shape index (κ2) is 3.05. The van der Waals surface area contributed by atoms with Gasteiger partial charge in [0.15, 0.2) is 0 Å². The minimum atomic E-state index is -2.26. The fourth-order valence-corrected chi connectivity index (χ4v) is 0.591. The maximum absolute atomic E-state index is 8.80. The fraction of sp³-hybridized carbons (Fsp3) is 1.00. The third-order valence-electron chi connectivity index (χ3n) is 1.04. The Hall–Kier alpha value is -0.0800. The predicted octanol–water partition coefficient (Wildman–Crippen LogP) is 0.422. The van der Waals surface area contributed by atoms with Gasteiger partial charge in [-0.05, 0) is 12.8 Å². The van der Waals surface area contributed by atoms with E-state index >= 15 is 0 Å². The lowest BCUT2D eigenvalue weighted by atomic mass is 10.1. The van der Waals surface area contributed by atoms with Crippen molar-refractivity contribution in [2.75, 3.05) is 19.8 Å². The minimum absolute atomic E-state index is 0.219. The van der Waals surface area contributed by atoms with E-state index in [-0.39, 0.29) is 13.0 Å². The highest BCUT2D eigenvalue weighted by atomic mass is 16.3. The smallest absolute Gasteiger partial charge is 0.0956 e. The molecule has 0 saturated carbocycles. The molecule has 0 bridgehead atoms. The van der Waals surface area contributed by atoms with Crippen LogP contribution in [0.1, 0.15) is 26.0 Å². The number of hydrogen-bond acceptors (Lipinski definition) is 2. The van der Waals surface area contributed by atoms with Gasteiger partial charge >= 0.3 is 0 Å². The minimum Gasteiger partial charge on any atom is -0.381 e. The molecule has 0 aromatic rings. The highest BCUT2D eigenvalue weighted by molar-refractivity contribution is 4.59. The summed E-state index contributed by atoms with van der Waals surface area (Å²) in [6.07, 6.45) is -3.05. The zero-order valence-electron chi connectivity index (χ0n) is 9.59. The molecule has 0 aromatic heterocycles. The number of aliphatic hydroxyl groups excluding tert-OH is 1. The third kappa shape index (κ3) is 1.46. The highest BCUT2D eigenvalue weighted by Gasteiger charge is 2.06. The van der Waals surface area contributed by atoms with Gasteiger partial charge in [-0.1, -0.05) is 6.40 Å². The number of hydrogen-bond donors (Lipinski definition) is 1. The van der Waals surface area contributed by atoms with Crippen molar-refractivity contribution in [2.24, 2.45) is 0 Å². The molecule has 2 heteroatoms. The maximum Gasteiger partial charge on any atom is 0.0956 e. The van der Waals surface area contributed by atoms with Crippen LogP contribution in [0.25, 0.3) is 0 Å². The molecular formula is C6H13NO. The Morgan fingerprint density at radius 1 is 1.75 bits per heavy atom. The van der Waals surface area contributed by atoms with E-state index in [1.54, 1.807) is 0 Å². The van der Waals surface area contributed by atoms with Crippen LogP contribution < -0.4 is 0 Å². The van der Waals surface area contributed by atoms with E-state index in [1.807, 2.05) is 0 Å². The molecule has 48 valence electrons. The van der Waals surface area contributed by atoms with Gasteiger partial charge in [0.1, 0.15) is 0 Å². The average molecular weight is 120 g/mol. The van der Waals surface area contributed by atoms with E-state index in [4.69, 9.17) is 12.0 Å². The second-order valence-corrected chi connectivity index (χ2v) is 1.65. The zero-order valence-corrected chi connectivity index (χ0v) is 4.59. The summed E-state index contributed by atoms with van der Waals surface area (Å²) in [7, 11) is 0. The Bertz CT molecular complexity index is 197. The summed E-state index contributed by atoms with van der Waals surface area (Å²) < 4.78 is 37.1. The number of nitrogens with zero attached hydrogens (tertiary/aromatic N) is 1. The van der Waals surface area contributed by atoms with Crippen LogP contribution >= 0.6 is 0 Å². The first-order valence-corrected chi connectivity index (χ1v) is 2.62. The molecule has 1 atom stereocenters. The second-order valence-electron chi connectivity index (χ2n) is 1.65. The molecule has 1 aliphatic rings. The summed E-state index contributed by atoms with van der Waals surface area (Å²) in [5, 5.41) is 8.80. The molecule has 0 amide bonds. The van der Waals surface area contributed by atoms with E-state index in [9.17, 15) is 0 Å². The Morgan fingerprint density at radius 2 is 2.62 bits per heavy atom. The summed E-state index contributed by atoms with van der Waals surface area (Å²) in [6, 6.07) is 0. The quantitative estimate of drug-likeness (QED) is 0.542. The molecule has 0 spiro atoms. The van der Waals surface area contributed by atoms with Gasteiger partial charge in [-0.3, -0.25) is 4.90 Å². The van der Waals surface area contributed by atoms with Crippen molar-refractivity contribution in [3.63, 3.8) is 0 Å². The molecule has 1 saturated heterocycles. The molecular weight excluding hydrogens is 102 g/mol. The van der Waals surface area contributed by atoms with Gasteiger partial charge < -0.3 is 5.11 Å². The van der Waals surface area contributed by atoms with Crippen LogP contribution in [0.15, 0.2) is 0 Å². The number of likely N-dealkylation sites (tertiary alicyclic amines) is 1. The maximum atomic E-state index is 8.80. The van der Waals surface area contributed by atoms with Crippen molar-refractivity contribution in [1.82, 2.24) is 4.90 Å². The molecule has 1 aliphatic heterocycles. The lowest BCUT2D eigenvalue weighted by Crippen LogP contribution is -2.30. The van der Waals surface area contributed by atoms with E-state index in [0.717, 1.165) is 4.90 Å². The van der Waals surface area contributed by atoms with Gasteiger partial charge in [-0.2, -0.15) is 0 Å². The molecule has 2 nitrogen and oxygen atoms in total. The number of piperidine rings is 1. The van der Waals surface area contributed by atoms with E-state index in [1.165, 1.54) is 0 Å². The van der Waals surface area contributed by atoms with Gasteiger partial charge in [0.05, 0.1) is 6.73 Å². The van der Waals surface area contributed by atoms with Crippen LogP contribution in [0.5, 0.6) is 0 Å². The number of rotatable bonds is 1. The van der Waals surface area contributed by atoms with E-state index in [2.05, 4.69) is 0 Å². The Labute approximate surface area is 57.1 Å². The molecule has 1 N–H and O–H groups in total. The van der Waals surface area contributed by atoms with E-state index < -0.39 is 26.0 Å². The Morgan fingerprint density at radius 3 is 3.38 bits per heavy atom. The van der Waals surface area contributed by atoms with Gasteiger partial charge in [0, 0.05) is 19.9 Å². The standard InChI is InChI=1S/C6H13NO/c8-6-7-4-2-1-3-5-7/h8H,1-6H2/i1D,2D2,4D2. The van der Waals surface area contributed by atoms with Crippen LogP contribution in [-0.4, -0.2) is 29.8 Å². The van der Waals surface area contributed by atoms with Gasteiger partial charge in [-0.15, -0.1) is 0 Å². The molecule has 0 aliphatic carbocycles. The molecule has 1 unspecified atom stereocenters. The Balaban J connectivity index is 2.92. The highest BCUT2D eigenvalue weighted by Crippen LogP contribution is 2.06. The van der Waals surface area contributed by atoms with Gasteiger partial charge in [0.2, 0.25) is 0 Å². The molecule has 1 fully saturated rings. The third-order valence-corrected chi connectivity index (χ3v) is 1.04. The van der Waals surface area contributed by atoms with Crippen LogP contribution in [0, 0.1) is 0 Å². The van der Waals surface area contributed by atoms with Crippen molar-refractivity contribution in [1.29, 1.82) is 0 Å². The molecule has 0 radical (unpaired) electrons. The first-order valence-electron chi connectivity index (χ1n) is 5.20. The monoisotopic (exact) mass is 120 g/mol. The fourth-order valence-electron chi connectivity index (χ4n) is 0.591. The molecule has 0 aromatic carbocycles. The molecule has 1 heterocycles. The summed E-state index contributed by atoms with van der Waals surface area (Å²) >= 11 is 0. The normalized spacial score (nSPS) is 54.6. The molecule has 1 rings (SSSR count). The molecule has 8 heavy (non-hydrogen) atoms. The average Bonchev–Trinajstić information content (AvgIpc) is 2.02. The first-order chi connectivity index (χ1) is 5.84. The van der Waals surface area contributed by atoms with E-state index in [0.29, 0.717) is 0 Å². The largest absolute Gasteiger partial charge is 0.381 e. The topological polar surface area (TPSA) is 23.5 Å². The van der Waals surface area contributed by atoms with Crippen molar-refractivity contribution in [2.45, 2.75) is 19.2 Å². The first kappa shape index (κ1) is 2.27. The summed E-state index contributed by atoms with van der Waals surface area (Å²) in [5.74, 6) is 0. The summed E-state index contributed by atoms with van der Waals surface area (Å²) in [6.45, 7) is -2.55. The predicted molar refractivity (Wildman–Crippen MR) is 32.5 cm³/mol. The van der Waals surface area contributed by atoms with Crippen molar-refractivity contribution >= 4 is 0 Å². The van der Waals surface area contributed by atoms with Crippen LogP contribution in [0.4, 0.5) is 0 Å². The van der Waals surface area contributed by atoms with Crippen LogP contribution in [0.3, 0.4) is 0 Å². The summed E-state index contributed by atoms with van der Waals surface area (Å²) in [4.78, 5) is 1.01. The lowest BCUT2D eigenvalue weighted by molar-refractivity contribution is 0.0896. The van der Waals surface area contributed by atoms with Crippen LogP contribution in [0.2, 0.25) is 0 Å². The lowest BCUT2D eigenvalue weighted by Gasteiger charge is -2.23. The van der Waals surface area contributed by atoms with Gasteiger partial charge in [0.25, 0.3) is 0 Å². The van der Waals surface area contributed by atoms with Crippen LogP contribution in [-0.2, 0) is 0 Å². The number of aliphatic hydroxyl groups is 1. The van der Waals surface area contributed by atoms with Crippen molar-refractivity contribution in [3.05, 3.63) is 0 Å². The summed E-state index contributed by atoms with van der Waals surface area (Å²) in [5.41, 5.74) is 0. The van der Waals surface area contributed by atoms with Crippen molar-refractivity contribution < 1.29 is 12.0 Å². The Kier molecular flexibility index (Phi) is 0.866. The van der Waals surface area contributed by atoms with Crippen molar-refractivity contribution in [3.8, 4) is 0 Å². The SMILES string of the molecule is [2H]C1CCN(CO)C([2H])([2H])C1([2H])[2H]. The van der Waals surface area contributed by atoms with Gasteiger partial charge in [-0.25, -0.2) is 0 Å². The zero-order chi connectivity index (χ0) is 10.3.